The lowest BCUT2D eigenvalue weighted by Crippen LogP contribution is -2.22. The maximum Gasteiger partial charge on any atom is 0.251 e. The number of carbonyl (C=O) groups is 1. The van der Waals surface area contributed by atoms with Gasteiger partial charge in [-0.15, -0.1) is 11.3 Å². The number of carbonyl (C=O) groups excluding carboxylic acids is 1. The lowest BCUT2D eigenvalue weighted by atomic mass is 10.1. The van der Waals surface area contributed by atoms with Crippen molar-refractivity contribution < 1.29 is 13.2 Å². The van der Waals surface area contributed by atoms with Crippen molar-refractivity contribution in [3.05, 3.63) is 52.4 Å². The van der Waals surface area contributed by atoms with Gasteiger partial charge in [-0.2, -0.15) is 0 Å². The van der Waals surface area contributed by atoms with Crippen molar-refractivity contribution in [3.8, 4) is 0 Å². The third-order valence-electron chi connectivity index (χ3n) is 2.96. The van der Waals surface area contributed by atoms with Crippen molar-refractivity contribution in [2.45, 2.75) is 24.1 Å². The number of aryl methyl sites for hydroxylation is 1. The third kappa shape index (κ3) is 4.13. The molecule has 21 heavy (non-hydrogen) atoms. The predicted octanol–water partition coefficient (Wildman–Crippen LogP) is 1.89. The minimum absolute atomic E-state index is 0.0963. The van der Waals surface area contributed by atoms with Crippen LogP contribution in [0.5, 0.6) is 0 Å². The summed E-state index contributed by atoms with van der Waals surface area (Å²) in [7, 11) is -3.67. The number of primary sulfonamides is 1. The molecule has 0 aliphatic carbocycles. The van der Waals surface area contributed by atoms with Gasteiger partial charge in [-0.25, -0.2) is 13.6 Å². The maximum atomic E-state index is 12.0. The molecule has 5 nitrogen and oxygen atoms in total. The Bertz CT molecular complexity index is 734. The summed E-state index contributed by atoms with van der Waals surface area (Å²) in [5.74, 6) is -0.191. The fourth-order valence-electron chi connectivity index (χ4n) is 1.77. The second-order valence-corrected chi connectivity index (χ2v) is 7.46. The second-order valence-electron chi connectivity index (χ2n) is 4.50. The molecular formula is C14H16N2O3S2. The minimum Gasteiger partial charge on any atom is -0.347 e. The number of thiophene rings is 1. The van der Waals surface area contributed by atoms with E-state index < -0.39 is 10.0 Å². The van der Waals surface area contributed by atoms with E-state index in [0.29, 0.717) is 5.56 Å². The Kier molecular flexibility index (Phi) is 4.76. The molecule has 0 aliphatic rings. The smallest absolute Gasteiger partial charge is 0.251 e. The van der Waals surface area contributed by atoms with Crippen LogP contribution in [-0.4, -0.2) is 14.3 Å². The third-order valence-corrected chi connectivity index (χ3v) is 5.49. The van der Waals surface area contributed by atoms with Crippen molar-refractivity contribution in [1.29, 1.82) is 0 Å². The molecule has 2 aromatic rings. The maximum absolute atomic E-state index is 12.0. The fourth-order valence-corrected chi connectivity index (χ4v) is 3.49. The topological polar surface area (TPSA) is 89.3 Å². The van der Waals surface area contributed by atoms with Crippen LogP contribution in [0.2, 0.25) is 0 Å². The van der Waals surface area contributed by atoms with Gasteiger partial charge >= 0.3 is 0 Å². The first-order chi connectivity index (χ1) is 9.90. The molecule has 0 aliphatic heterocycles. The Labute approximate surface area is 127 Å². The normalized spacial score (nSPS) is 11.3. The lowest BCUT2D eigenvalue weighted by molar-refractivity contribution is 0.0951. The summed E-state index contributed by atoms with van der Waals surface area (Å²) in [6, 6.07) is 10.5. The van der Waals surface area contributed by atoms with E-state index in [-0.39, 0.29) is 16.7 Å². The summed E-state index contributed by atoms with van der Waals surface area (Å²) in [6.07, 6.45) is 0.924. The van der Waals surface area contributed by atoms with E-state index in [0.717, 1.165) is 22.6 Å². The number of sulfonamides is 1. The molecule has 7 heteroatoms. The molecule has 1 heterocycles. The zero-order valence-electron chi connectivity index (χ0n) is 11.5. The second kappa shape index (κ2) is 6.38. The summed E-state index contributed by atoms with van der Waals surface area (Å²) in [5.41, 5.74) is 1.75. The van der Waals surface area contributed by atoms with Gasteiger partial charge in [0.1, 0.15) is 4.21 Å². The number of hydrogen-bond donors (Lipinski definition) is 2. The zero-order valence-corrected chi connectivity index (χ0v) is 13.1. The fraction of sp³-hybridized carbons (Fsp3) is 0.214. The van der Waals surface area contributed by atoms with Gasteiger partial charge in [0.15, 0.2) is 0 Å². The van der Waals surface area contributed by atoms with Crippen molar-refractivity contribution >= 4 is 27.3 Å². The van der Waals surface area contributed by atoms with Gasteiger partial charge in [-0.05, 0) is 36.2 Å². The molecule has 0 saturated carbocycles. The SMILES string of the molecule is CCc1ccc(C(=O)NCc2ccc(S(N)(=O)=O)s2)cc1. The van der Waals surface area contributed by atoms with Gasteiger partial charge in [0.2, 0.25) is 10.0 Å². The summed E-state index contributed by atoms with van der Waals surface area (Å²) in [6.45, 7) is 2.32. The van der Waals surface area contributed by atoms with Crippen LogP contribution in [0.25, 0.3) is 0 Å². The van der Waals surface area contributed by atoms with Crippen LogP contribution in [-0.2, 0) is 23.0 Å². The summed E-state index contributed by atoms with van der Waals surface area (Å²) in [4.78, 5) is 12.7. The highest BCUT2D eigenvalue weighted by atomic mass is 32.2. The van der Waals surface area contributed by atoms with Crippen molar-refractivity contribution in [1.82, 2.24) is 5.32 Å². The monoisotopic (exact) mass is 324 g/mol. The van der Waals surface area contributed by atoms with Crippen LogP contribution in [0.4, 0.5) is 0 Å². The molecular weight excluding hydrogens is 308 g/mol. The van der Waals surface area contributed by atoms with Gasteiger partial charge in [0.25, 0.3) is 5.91 Å². The summed E-state index contributed by atoms with van der Waals surface area (Å²) in [5, 5.41) is 7.79. The number of hydrogen-bond acceptors (Lipinski definition) is 4. The van der Waals surface area contributed by atoms with Crippen molar-refractivity contribution in [2.75, 3.05) is 0 Å². The Balaban J connectivity index is 1.99. The van der Waals surface area contributed by atoms with E-state index in [1.165, 1.54) is 11.6 Å². The number of benzene rings is 1. The molecule has 0 saturated heterocycles. The standard InChI is InChI=1S/C14H16N2O3S2/c1-2-10-3-5-11(6-4-10)14(17)16-9-12-7-8-13(20-12)21(15,18)19/h3-8H,2,9H2,1H3,(H,16,17)(H2,15,18,19). The molecule has 112 valence electrons. The molecule has 2 rings (SSSR count). The zero-order chi connectivity index (χ0) is 15.5. The first-order valence-electron chi connectivity index (χ1n) is 6.39. The van der Waals surface area contributed by atoms with Crippen molar-refractivity contribution in [3.63, 3.8) is 0 Å². The molecule has 1 amide bonds. The van der Waals surface area contributed by atoms with Crippen LogP contribution in [0.3, 0.4) is 0 Å². The lowest BCUT2D eigenvalue weighted by Gasteiger charge is -2.04. The van der Waals surface area contributed by atoms with E-state index in [2.05, 4.69) is 12.2 Å². The number of rotatable bonds is 5. The summed E-state index contributed by atoms with van der Waals surface area (Å²) < 4.78 is 22.4. The first kappa shape index (κ1) is 15.7. The number of amides is 1. The van der Waals surface area contributed by atoms with Crippen molar-refractivity contribution in [2.24, 2.45) is 5.14 Å². The van der Waals surface area contributed by atoms with E-state index in [1.807, 2.05) is 12.1 Å². The average Bonchev–Trinajstić information content (AvgIpc) is 2.94. The predicted molar refractivity (Wildman–Crippen MR) is 82.7 cm³/mol. The Morgan fingerprint density at radius 3 is 2.38 bits per heavy atom. The Hall–Kier alpha value is -1.70. The molecule has 0 unspecified atom stereocenters. The molecule has 1 aromatic carbocycles. The van der Waals surface area contributed by atoms with E-state index in [4.69, 9.17) is 5.14 Å². The first-order valence-corrected chi connectivity index (χ1v) is 8.75. The van der Waals surface area contributed by atoms with Gasteiger partial charge in [-0.3, -0.25) is 4.79 Å². The van der Waals surface area contributed by atoms with Crippen LogP contribution >= 0.6 is 11.3 Å². The molecule has 0 fully saturated rings. The average molecular weight is 324 g/mol. The van der Waals surface area contributed by atoms with Gasteiger partial charge < -0.3 is 5.32 Å². The highest BCUT2D eigenvalue weighted by Gasteiger charge is 2.12. The Morgan fingerprint density at radius 2 is 1.86 bits per heavy atom. The van der Waals surface area contributed by atoms with E-state index in [9.17, 15) is 13.2 Å². The van der Waals surface area contributed by atoms with Crippen LogP contribution in [0, 0.1) is 0 Å². The Morgan fingerprint density at radius 1 is 1.19 bits per heavy atom. The molecule has 3 N–H and O–H groups in total. The minimum atomic E-state index is -3.67. The molecule has 0 bridgehead atoms. The molecule has 1 aromatic heterocycles. The van der Waals surface area contributed by atoms with Crippen LogP contribution in [0.15, 0.2) is 40.6 Å². The molecule has 0 radical (unpaired) electrons. The highest BCUT2D eigenvalue weighted by molar-refractivity contribution is 7.91. The number of nitrogens with two attached hydrogens (primary N) is 1. The molecule has 0 atom stereocenters. The largest absolute Gasteiger partial charge is 0.347 e. The van der Waals surface area contributed by atoms with E-state index in [1.54, 1.807) is 18.2 Å². The quantitative estimate of drug-likeness (QED) is 0.880. The summed E-state index contributed by atoms with van der Waals surface area (Å²) >= 11 is 1.06. The number of nitrogens with one attached hydrogen (secondary N) is 1. The van der Waals surface area contributed by atoms with E-state index >= 15 is 0 Å². The van der Waals surface area contributed by atoms with Crippen LogP contribution < -0.4 is 10.5 Å². The molecule has 0 spiro atoms. The highest BCUT2D eigenvalue weighted by Crippen LogP contribution is 2.20. The van der Waals surface area contributed by atoms with Crippen LogP contribution in [0.1, 0.15) is 27.7 Å². The van der Waals surface area contributed by atoms with Gasteiger partial charge in [-0.1, -0.05) is 19.1 Å². The van der Waals surface area contributed by atoms with Gasteiger partial charge in [0.05, 0.1) is 6.54 Å². The van der Waals surface area contributed by atoms with Gasteiger partial charge in [0, 0.05) is 10.4 Å².